The van der Waals surface area contributed by atoms with Crippen LogP contribution >= 0.6 is 0 Å². The van der Waals surface area contributed by atoms with Gasteiger partial charge in [0.25, 0.3) is 0 Å². The lowest BCUT2D eigenvalue weighted by Crippen LogP contribution is -2.28. The van der Waals surface area contributed by atoms with Crippen LogP contribution in [0.5, 0.6) is 0 Å². The van der Waals surface area contributed by atoms with Crippen molar-refractivity contribution in [2.24, 2.45) is 0 Å². The molecule has 6 heterocycles. The van der Waals surface area contributed by atoms with E-state index in [9.17, 15) is 0 Å². The Kier molecular flexibility index (Phi) is 10.7. The summed E-state index contributed by atoms with van der Waals surface area (Å²) in [7, 11) is 0. The minimum absolute atomic E-state index is 0.257. The Hall–Kier alpha value is -5.00. The number of ether oxygens (including phenoxy) is 2. The van der Waals surface area contributed by atoms with E-state index in [1.807, 2.05) is 58.2 Å². The molecule has 2 fully saturated rings. The van der Waals surface area contributed by atoms with Crippen LogP contribution in [0.1, 0.15) is 79.0 Å². The van der Waals surface area contributed by atoms with Crippen molar-refractivity contribution in [1.29, 1.82) is 0 Å². The number of anilines is 2. The fraction of sp³-hybridized carbons (Fsp3) is 0.415. The first-order chi connectivity index (χ1) is 25.3. The van der Waals surface area contributed by atoms with E-state index in [-0.39, 0.29) is 5.92 Å². The molecule has 2 saturated heterocycles. The maximum absolute atomic E-state index is 6.20. The van der Waals surface area contributed by atoms with Crippen LogP contribution in [-0.4, -0.2) is 57.3 Å². The molecule has 2 aromatic carbocycles. The molecule has 0 saturated carbocycles. The number of nitrogens with one attached hydrogen (secondary N) is 1. The first-order valence-corrected chi connectivity index (χ1v) is 18.4. The van der Waals surface area contributed by atoms with Gasteiger partial charge in [0.15, 0.2) is 0 Å². The summed E-state index contributed by atoms with van der Waals surface area (Å²) in [6, 6.07) is 19.6. The van der Waals surface area contributed by atoms with Gasteiger partial charge in [-0.3, -0.25) is 4.98 Å². The van der Waals surface area contributed by atoms with E-state index in [1.165, 1.54) is 5.52 Å². The summed E-state index contributed by atoms with van der Waals surface area (Å²) in [6.45, 7) is 13.3. The Morgan fingerprint density at radius 3 is 2.04 bits per heavy atom. The van der Waals surface area contributed by atoms with Crippen molar-refractivity contribution >= 4 is 22.4 Å². The maximum atomic E-state index is 6.20. The lowest BCUT2D eigenvalue weighted by molar-refractivity contribution is 0.0696. The number of aromatic nitrogens is 5. The summed E-state index contributed by atoms with van der Waals surface area (Å²) in [5, 5.41) is 11.6. The molecule has 11 nitrogen and oxygen atoms in total. The Balaban J connectivity index is 0.000000175. The Morgan fingerprint density at radius 2 is 1.44 bits per heavy atom. The summed E-state index contributed by atoms with van der Waals surface area (Å²) in [4.78, 5) is 9.69. The molecular formula is C41H49N7O4. The van der Waals surface area contributed by atoms with E-state index in [2.05, 4.69) is 62.4 Å². The highest BCUT2D eigenvalue weighted by atomic mass is 16.5. The largest absolute Gasteiger partial charge is 0.397 e. The predicted molar refractivity (Wildman–Crippen MR) is 203 cm³/mol. The summed E-state index contributed by atoms with van der Waals surface area (Å²) in [5.74, 6) is 3.04. The summed E-state index contributed by atoms with van der Waals surface area (Å²) >= 11 is 0. The number of hydrogen-bond donors (Lipinski definition) is 2. The van der Waals surface area contributed by atoms with Gasteiger partial charge >= 0.3 is 0 Å². The minimum Gasteiger partial charge on any atom is -0.397 e. The van der Waals surface area contributed by atoms with E-state index < -0.39 is 0 Å². The molecule has 2 aliphatic heterocycles. The number of aryl methyl sites for hydroxylation is 4. The van der Waals surface area contributed by atoms with Crippen molar-refractivity contribution in [1.82, 2.24) is 24.8 Å². The van der Waals surface area contributed by atoms with Crippen molar-refractivity contribution in [2.75, 3.05) is 37.5 Å². The highest BCUT2D eigenvalue weighted by Gasteiger charge is 2.26. The van der Waals surface area contributed by atoms with Gasteiger partial charge in [-0.05, 0) is 107 Å². The van der Waals surface area contributed by atoms with Crippen LogP contribution < -0.4 is 11.1 Å². The van der Waals surface area contributed by atoms with Crippen molar-refractivity contribution in [3.63, 3.8) is 0 Å². The third kappa shape index (κ3) is 7.61. The topological polar surface area (TPSA) is 139 Å². The second kappa shape index (κ2) is 15.7. The van der Waals surface area contributed by atoms with Crippen molar-refractivity contribution in [3.05, 3.63) is 95.2 Å². The monoisotopic (exact) mass is 703 g/mol. The van der Waals surface area contributed by atoms with Gasteiger partial charge in [0.2, 0.25) is 0 Å². The van der Waals surface area contributed by atoms with Gasteiger partial charge in [-0.25, -0.2) is 4.98 Å². The molecule has 8 rings (SSSR count). The third-order valence-corrected chi connectivity index (χ3v) is 10.2. The van der Waals surface area contributed by atoms with E-state index >= 15 is 0 Å². The number of nitrogens with two attached hydrogens (primary N) is 1. The number of benzene rings is 2. The smallest absolute Gasteiger partial charge is 0.141 e. The Morgan fingerprint density at radius 1 is 0.808 bits per heavy atom. The molecule has 2 aliphatic rings. The molecule has 4 aromatic heterocycles. The standard InChI is InChI=1S/C25H28N4O2.C16H21N3O2/c1-16(14-20-6-4-5-11-26-20)25-27-22-15-19(24-17(2)28-31-18(24)3)7-8-23(22)29(25)21-9-12-30-13-10-21;1-10-16(11(2)21-19-10)12-3-4-15(14(17)9-12)18-13-5-7-20-8-6-13/h4-8,11,15-16,21H,9-10,12-14H2,1-3H3;3-4,9,13,18H,5-8,17H2,1-2H3. The average Bonchev–Trinajstić information content (AvgIpc) is 3.83. The van der Waals surface area contributed by atoms with Crippen molar-refractivity contribution in [3.8, 4) is 22.3 Å². The molecule has 0 spiro atoms. The lowest BCUT2D eigenvalue weighted by Gasteiger charge is -2.27. The number of pyridine rings is 1. The SMILES string of the molecule is Cc1noc(C)c1-c1ccc(NC2CCOCC2)c(N)c1.Cc1noc(C)c1-c1ccc2c(c1)nc(C(C)Cc1ccccn1)n2C1CCOCC1. The molecule has 0 radical (unpaired) electrons. The van der Waals surface area contributed by atoms with Gasteiger partial charge in [0, 0.05) is 67.4 Å². The van der Waals surface area contributed by atoms with Crippen LogP contribution in [0.25, 0.3) is 33.3 Å². The number of imidazole rings is 1. The normalized spacial score (nSPS) is 16.1. The van der Waals surface area contributed by atoms with Gasteiger partial charge in [-0.1, -0.05) is 35.4 Å². The number of nitrogens with zero attached hydrogens (tertiary/aromatic N) is 5. The van der Waals surface area contributed by atoms with Crippen LogP contribution in [0, 0.1) is 27.7 Å². The quantitative estimate of drug-likeness (QED) is 0.148. The van der Waals surface area contributed by atoms with Gasteiger partial charge in [-0.15, -0.1) is 0 Å². The molecule has 1 unspecified atom stereocenters. The molecule has 0 amide bonds. The van der Waals surface area contributed by atoms with Gasteiger partial charge < -0.3 is 34.1 Å². The van der Waals surface area contributed by atoms with E-state index in [4.69, 9.17) is 29.2 Å². The predicted octanol–water partition coefficient (Wildman–Crippen LogP) is 8.53. The van der Waals surface area contributed by atoms with Crippen molar-refractivity contribution in [2.45, 2.75) is 84.7 Å². The highest BCUT2D eigenvalue weighted by molar-refractivity contribution is 5.84. The fourth-order valence-corrected chi connectivity index (χ4v) is 7.57. The van der Waals surface area contributed by atoms with Crippen LogP contribution in [0.15, 0.2) is 69.8 Å². The van der Waals surface area contributed by atoms with Crippen LogP contribution in [0.4, 0.5) is 11.4 Å². The molecule has 3 N–H and O–H groups in total. The first kappa shape index (κ1) is 35.4. The van der Waals surface area contributed by atoms with Crippen LogP contribution in [0.3, 0.4) is 0 Å². The zero-order valence-electron chi connectivity index (χ0n) is 30.8. The fourth-order valence-electron chi connectivity index (χ4n) is 7.57. The Labute approximate surface area is 304 Å². The highest BCUT2D eigenvalue weighted by Crippen LogP contribution is 2.36. The number of nitrogen functional groups attached to an aromatic ring is 1. The van der Waals surface area contributed by atoms with Gasteiger partial charge in [-0.2, -0.15) is 0 Å². The average molecular weight is 704 g/mol. The van der Waals surface area contributed by atoms with E-state index in [1.54, 1.807) is 0 Å². The number of fused-ring (bicyclic) bond motifs is 1. The molecule has 11 heteroatoms. The third-order valence-electron chi connectivity index (χ3n) is 10.2. The van der Waals surface area contributed by atoms with Gasteiger partial charge in [0.1, 0.15) is 17.3 Å². The minimum atomic E-state index is 0.257. The lowest BCUT2D eigenvalue weighted by atomic mass is 10.0. The molecule has 1 atom stereocenters. The van der Waals surface area contributed by atoms with Crippen LogP contribution in [-0.2, 0) is 15.9 Å². The second-order valence-corrected chi connectivity index (χ2v) is 14.0. The van der Waals surface area contributed by atoms with E-state index in [0.717, 1.165) is 132 Å². The molecule has 6 aromatic rings. The maximum Gasteiger partial charge on any atom is 0.141 e. The molecule has 0 bridgehead atoms. The van der Waals surface area contributed by atoms with E-state index in [0.29, 0.717) is 12.1 Å². The Bertz CT molecular complexity index is 2070. The summed E-state index contributed by atoms with van der Waals surface area (Å²) in [5.41, 5.74) is 17.3. The molecule has 272 valence electrons. The second-order valence-electron chi connectivity index (χ2n) is 14.0. The van der Waals surface area contributed by atoms with Crippen LogP contribution in [0.2, 0.25) is 0 Å². The number of rotatable bonds is 8. The summed E-state index contributed by atoms with van der Waals surface area (Å²) in [6.07, 6.45) is 6.79. The van der Waals surface area contributed by atoms with Gasteiger partial charge in [0.05, 0.1) is 33.8 Å². The zero-order chi connectivity index (χ0) is 36.2. The van der Waals surface area contributed by atoms with Crippen molar-refractivity contribution < 1.29 is 18.5 Å². The number of hydrogen-bond acceptors (Lipinski definition) is 10. The molecular weight excluding hydrogens is 654 g/mol. The summed E-state index contributed by atoms with van der Waals surface area (Å²) < 4.78 is 24.1. The zero-order valence-corrected chi connectivity index (χ0v) is 30.8. The first-order valence-electron chi connectivity index (χ1n) is 18.4. The molecule has 0 aliphatic carbocycles. The molecule has 52 heavy (non-hydrogen) atoms.